The Morgan fingerprint density at radius 1 is 1.03 bits per heavy atom. The molecule has 0 spiro atoms. The largest absolute Gasteiger partial charge is 0.481 e. The summed E-state index contributed by atoms with van der Waals surface area (Å²) in [6.45, 7) is -0.0987. The molecule has 0 bridgehead atoms. The van der Waals surface area contributed by atoms with Crippen LogP contribution in [-0.4, -0.2) is 73.0 Å². The Labute approximate surface area is 192 Å². The van der Waals surface area contributed by atoms with Gasteiger partial charge in [-0.25, -0.2) is 8.42 Å². The van der Waals surface area contributed by atoms with Gasteiger partial charge in [0.1, 0.15) is 11.5 Å². The number of hydrogen-bond acceptors (Lipinski definition) is 7. The Morgan fingerprint density at radius 2 is 1.73 bits per heavy atom. The van der Waals surface area contributed by atoms with E-state index in [1.54, 1.807) is 24.3 Å². The first-order chi connectivity index (χ1) is 15.8. The first-order valence-corrected chi connectivity index (χ1v) is 12.2. The van der Waals surface area contributed by atoms with Crippen molar-refractivity contribution in [1.29, 1.82) is 0 Å². The zero-order chi connectivity index (χ0) is 23.4. The molecule has 10 heteroatoms. The number of nitrogens with zero attached hydrogens (tertiary/aromatic N) is 1. The number of rotatable bonds is 6. The third kappa shape index (κ3) is 5.71. The standard InChI is InChI=1S/C23H27NO8S/c25-16-13-24(21-11-8-19(12-23(26)27)32-22(21)15-30-14-16)33(28,29)20-9-6-18(7-10-20)31-17-4-2-1-3-5-17/h1-7,9-10,16,19,21-22,25H,8,11-15H2,(H,26,27)/t16-,19-,21-,22+/m1/s1. The van der Waals surface area contributed by atoms with E-state index in [-0.39, 0.29) is 31.1 Å². The smallest absolute Gasteiger partial charge is 0.305 e. The fourth-order valence-electron chi connectivity index (χ4n) is 4.21. The van der Waals surface area contributed by atoms with Crippen LogP contribution in [0.1, 0.15) is 19.3 Å². The van der Waals surface area contributed by atoms with Crippen LogP contribution in [-0.2, 0) is 24.3 Å². The minimum Gasteiger partial charge on any atom is -0.481 e. The number of sulfonamides is 1. The quantitative estimate of drug-likeness (QED) is 0.650. The van der Waals surface area contributed by atoms with E-state index < -0.39 is 40.3 Å². The summed E-state index contributed by atoms with van der Waals surface area (Å²) in [7, 11) is -3.97. The molecule has 2 aromatic rings. The van der Waals surface area contributed by atoms with Gasteiger partial charge in [-0.3, -0.25) is 4.79 Å². The van der Waals surface area contributed by atoms with E-state index in [0.29, 0.717) is 24.3 Å². The van der Waals surface area contributed by atoms with Crippen molar-refractivity contribution in [3.63, 3.8) is 0 Å². The van der Waals surface area contributed by atoms with Gasteiger partial charge in [-0.15, -0.1) is 0 Å². The van der Waals surface area contributed by atoms with Gasteiger partial charge in [0.25, 0.3) is 0 Å². The number of para-hydroxylation sites is 1. The van der Waals surface area contributed by atoms with Crippen LogP contribution in [0, 0.1) is 0 Å². The maximum Gasteiger partial charge on any atom is 0.305 e. The SMILES string of the molecule is O=C(O)C[C@H]1CC[C@@H]2[C@H](COC[C@H](O)CN2S(=O)(=O)c2ccc(Oc3ccccc3)cc2)O1. The number of aliphatic carboxylic acids is 1. The van der Waals surface area contributed by atoms with Crippen LogP contribution in [0.5, 0.6) is 11.5 Å². The van der Waals surface area contributed by atoms with Crippen molar-refractivity contribution in [2.24, 2.45) is 0 Å². The number of fused-ring (bicyclic) bond motifs is 1. The summed E-state index contributed by atoms with van der Waals surface area (Å²) in [5.74, 6) is 0.165. The molecule has 2 N–H and O–H groups in total. The lowest BCUT2D eigenvalue weighted by Gasteiger charge is -2.43. The van der Waals surface area contributed by atoms with Crippen LogP contribution in [0.25, 0.3) is 0 Å². The first-order valence-electron chi connectivity index (χ1n) is 10.8. The lowest BCUT2D eigenvalue weighted by atomic mass is 9.96. The summed E-state index contributed by atoms with van der Waals surface area (Å²) < 4.78 is 45.5. The minimum atomic E-state index is -3.97. The number of carbonyl (C=O) groups is 1. The normalized spacial score (nSPS) is 26.6. The molecule has 33 heavy (non-hydrogen) atoms. The predicted molar refractivity (Wildman–Crippen MR) is 118 cm³/mol. The minimum absolute atomic E-state index is 0.0357. The van der Waals surface area contributed by atoms with Crippen molar-refractivity contribution in [3.05, 3.63) is 54.6 Å². The molecule has 4 atom stereocenters. The van der Waals surface area contributed by atoms with E-state index in [9.17, 15) is 18.3 Å². The molecular weight excluding hydrogens is 450 g/mol. The van der Waals surface area contributed by atoms with E-state index in [4.69, 9.17) is 19.3 Å². The van der Waals surface area contributed by atoms with E-state index in [2.05, 4.69) is 0 Å². The third-order valence-corrected chi connectivity index (χ3v) is 7.65. The Kier molecular flexibility index (Phi) is 7.30. The molecule has 0 aliphatic carbocycles. The summed E-state index contributed by atoms with van der Waals surface area (Å²) in [5.41, 5.74) is 0. The number of aliphatic hydroxyl groups is 1. The fourth-order valence-corrected chi connectivity index (χ4v) is 5.92. The van der Waals surface area contributed by atoms with E-state index in [1.807, 2.05) is 18.2 Å². The predicted octanol–water partition coefficient (Wildman–Crippen LogP) is 2.25. The molecule has 4 rings (SSSR count). The van der Waals surface area contributed by atoms with Gasteiger partial charge in [-0.1, -0.05) is 18.2 Å². The van der Waals surface area contributed by atoms with Crippen LogP contribution in [0.4, 0.5) is 0 Å². The molecular formula is C23H27NO8S. The highest BCUT2D eigenvalue weighted by Gasteiger charge is 2.43. The van der Waals surface area contributed by atoms with Gasteiger partial charge >= 0.3 is 5.97 Å². The van der Waals surface area contributed by atoms with E-state index in [0.717, 1.165) is 0 Å². The second-order valence-electron chi connectivity index (χ2n) is 8.19. The molecule has 2 saturated heterocycles. The van der Waals surface area contributed by atoms with Crippen molar-refractivity contribution >= 4 is 16.0 Å². The molecule has 0 radical (unpaired) electrons. The molecule has 2 aliphatic heterocycles. The van der Waals surface area contributed by atoms with Crippen molar-refractivity contribution < 1.29 is 37.6 Å². The average molecular weight is 478 g/mol. The van der Waals surface area contributed by atoms with Gasteiger partial charge in [0.2, 0.25) is 10.0 Å². The zero-order valence-corrected chi connectivity index (χ0v) is 18.8. The molecule has 0 saturated carbocycles. The van der Waals surface area contributed by atoms with Gasteiger partial charge in [0.15, 0.2) is 0 Å². The average Bonchev–Trinajstić information content (AvgIpc) is 2.77. The number of ether oxygens (including phenoxy) is 3. The van der Waals surface area contributed by atoms with E-state index in [1.165, 1.54) is 16.4 Å². The summed E-state index contributed by atoms with van der Waals surface area (Å²) in [4.78, 5) is 11.2. The first kappa shape index (κ1) is 23.7. The molecule has 2 heterocycles. The third-order valence-electron chi connectivity index (χ3n) is 5.75. The molecule has 2 aliphatic rings. The van der Waals surface area contributed by atoms with Crippen molar-refractivity contribution in [2.75, 3.05) is 19.8 Å². The van der Waals surface area contributed by atoms with Gasteiger partial charge in [-0.2, -0.15) is 4.31 Å². The Morgan fingerprint density at radius 3 is 2.42 bits per heavy atom. The maximum atomic E-state index is 13.6. The van der Waals surface area contributed by atoms with Gasteiger partial charge in [0, 0.05) is 6.54 Å². The molecule has 0 aromatic heterocycles. The highest BCUT2D eigenvalue weighted by molar-refractivity contribution is 7.89. The zero-order valence-electron chi connectivity index (χ0n) is 17.9. The number of benzene rings is 2. The number of aliphatic hydroxyl groups excluding tert-OH is 1. The lowest BCUT2D eigenvalue weighted by Crippen LogP contribution is -2.57. The number of β-amino-alcohol motifs (C(OH)–C–C–N with tert-alkyl or cyclic N) is 1. The molecule has 0 unspecified atom stereocenters. The van der Waals surface area contributed by atoms with Crippen LogP contribution in [0.15, 0.2) is 59.5 Å². The second kappa shape index (κ2) is 10.2. The van der Waals surface area contributed by atoms with Crippen LogP contribution in [0.3, 0.4) is 0 Å². The monoisotopic (exact) mass is 477 g/mol. The Bertz CT molecular complexity index is 1040. The summed E-state index contributed by atoms with van der Waals surface area (Å²) in [6.07, 6.45) is -1.45. The second-order valence-corrected chi connectivity index (χ2v) is 10.1. The molecule has 2 aromatic carbocycles. The summed E-state index contributed by atoms with van der Waals surface area (Å²) in [6, 6.07) is 14.7. The fraction of sp³-hybridized carbons (Fsp3) is 0.435. The highest BCUT2D eigenvalue weighted by Crippen LogP contribution is 2.32. The van der Waals surface area contributed by atoms with Gasteiger partial charge in [0.05, 0.1) is 48.9 Å². The Hall–Kier alpha value is -2.50. The number of hydrogen-bond donors (Lipinski definition) is 2. The Balaban J connectivity index is 1.55. The summed E-state index contributed by atoms with van der Waals surface area (Å²) in [5, 5.41) is 19.4. The molecule has 9 nitrogen and oxygen atoms in total. The van der Waals surface area contributed by atoms with Crippen LogP contribution >= 0.6 is 0 Å². The van der Waals surface area contributed by atoms with Gasteiger partial charge in [-0.05, 0) is 49.2 Å². The van der Waals surface area contributed by atoms with Gasteiger partial charge < -0.3 is 24.4 Å². The topological polar surface area (TPSA) is 123 Å². The summed E-state index contributed by atoms with van der Waals surface area (Å²) >= 11 is 0. The van der Waals surface area contributed by atoms with Crippen LogP contribution < -0.4 is 4.74 Å². The lowest BCUT2D eigenvalue weighted by molar-refractivity contribution is -0.155. The molecule has 178 valence electrons. The number of carboxylic acid groups (broad SMARTS) is 1. The maximum absolute atomic E-state index is 13.6. The van der Waals surface area contributed by atoms with Crippen molar-refractivity contribution in [2.45, 2.75) is 48.5 Å². The highest BCUT2D eigenvalue weighted by atomic mass is 32.2. The van der Waals surface area contributed by atoms with E-state index >= 15 is 0 Å². The van der Waals surface area contributed by atoms with Crippen molar-refractivity contribution in [1.82, 2.24) is 4.31 Å². The van der Waals surface area contributed by atoms with Crippen molar-refractivity contribution in [3.8, 4) is 11.5 Å². The molecule has 0 amide bonds. The van der Waals surface area contributed by atoms with Crippen LogP contribution in [0.2, 0.25) is 0 Å². The molecule has 2 fully saturated rings. The number of carboxylic acids is 1.